The van der Waals surface area contributed by atoms with Crippen LogP contribution in [0.4, 0.5) is 11.5 Å². The molecule has 5 nitrogen and oxygen atoms in total. The number of nitrogens with one attached hydrogen (secondary N) is 1. The van der Waals surface area contributed by atoms with Crippen molar-refractivity contribution in [3.05, 3.63) is 33.9 Å². The summed E-state index contributed by atoms with van der Waals surface area (Å²) >= 11 is 9.29. The predicted molar refractivity (Wildman–Crippen MR) is 86.3 cm³/mol. The van der Waals surface area contributed by atoms with E-state index in [4.69, 9.17) is 25.8 Å². The number of halogens is 2. The summed E-state index contributed by atoms with van der Waals surface area (Å²) in [7, 11) is 4.69. The molecule has 7 heteroatoms. The average Bonchev–Trinajstić information content (AvgIpc) is 2.49. The van der Waals surface area contributed by atoms with Gasteiger partial charge in [-0.05, 0) is 22.0 Å². The van der Waals surface area contributed by atoms with E-state index in [1.54, 1.807) is 45.7 Å². The number of nitrogens with zero attached hydrogens (tertiary/aromatic N) is 1. The van der Waals surface area contributed by atoms with Crippen LogP contribution in [0.5, 0.6) is 17.2 Å². The second-order valence-corrected chi connectivity index (χ2v) is 5.31. The Kier molecular flexibility index (Phi) is 5.14. The summed E-state index contributed by atoms with van der Waals surface area (Å²) in [6.45, 7) is 0. The molecular weight excluding hydrogens is 360 g/mol. The van der Waals surface area contributed by atoms with E-state index >= 15 is 0 Å². The normalized spacial score (nSPS) is 10.1. The number of anilines is 2. The van der Waals surface area contributed by atoms with Gasteiger partial charge in [0.05, 0.1) is 30.8 Å². The van der Waals surface area contributed by atoms with E-state index in [2.05, 4.69) is 26.2 Å². The molecule has 0 fully saturated rings. The number of benzene rings is 1. The first kappa shape index (κ1) is 15.7. The minimum Gasteiger partial charge on any atom is -0.493 e. The van der Waals surface area contributed by atoms with E-state index < -0.39 is 0 Å². The molecule has 112 valence electrons. The van der Waals surface area contributed by atoms with Gasteiger partial charge in [-0.2, -0.15) is 0 Å². The second-order valence-electron chi connectivity index (χ2n) is 4.02. The Morgan fingerprint density at radius 1 is 1.05 bits per heavy atom. The zero-order valence-electron chi connectivity index (χ0n) is 11.7. The molecule has 2 aromatic rings. The summed E-state index contributed by atoms with van der Waals surface area (Å²) in [5, 5.41) is 3.72. The molecule has 0 aliphatic carbocycles. The van der Waals surface area contributed by atoms with Crippen LogP contribution in [-0.4, -0.2) is 26.3 Å². The summed E-state index contributed by atoms with van der Waals surface area (Å²) in [6.07, 6.45) is 1.56. The molecule has 2 rings (SSSR count). The standard InChI is InChI=1S/C14H14BrClN2O3/c1-19-11-5-9(6-12(20-2)13(11)21-3)18-14-10(15)4-8(16)7-17-14/h4-7H,1-3H3,(H,17,18). The second kappa shape index (κ2) is 6.87. The van der Waals surface area contributed by atoms with E-state index in [1.807, 2.05) is 0 Å². The molecule has 0 saturated carbocycles. The van der Waals surface area contributed by atoms with E-state index in [1.165, 1.54) is 0 Å². The van der Waals surface area contributed by atoms with Gasteiger partial charge < -0.3 is 19.5 Å². The van der Waals surface area contributed by atoms with Crippen molar-refractivity contribution in [3.8, 4) is 17.2 Å². The molecule has 0 radical (unpaired) electrons. The van der Waals surface area contributed by atoms with Crippen molar-refractivity contribution in [2.75, 3.05) is 26.6 Å². The van der Waals surface area contributed by atoms with Crippen LogP contribution < -0.4 is 19.5 Å². The lowest BCUT2D eigenvalue weighted by molar-refractivity contribution is 0.324. The van der Waals surface area contributed by atoms with Gasteiger partial charge in [-0.1, -0.05) is 11.6 Å². The third kappa shape index (κ3) is 3.51. The molecule has 0 spiro atoms. The van der Waals surface area contributed by atoms with E-state index in [9.17, 15) is 0 Å². The molecule has 1 aromatic heterocycles. The van der Waals surface area contributed by atoms with Crippen LogP contribution >= 0.6 is 27.5 Å². The van der Waals surface area contributed by atoms with Crippen LogP contribution in [0.25, 0.3) is 0 Å². The molecule has 0 atom stereocenters. The van der Waals surface area contributed by atoms with Gasteiger partial charge in [0.1, 0.15) is 5.82 Å². The van der Waals surface area contributed by atoms with E-state index in [-0.39, 0.29) is 0 Å². The largest absolute Gasteiger partial charge is 0.493 e. The lowest BCUT2D eigenvalue weighted by atomic mass is 10.2. The van der Waals surface area contributed by atoms with Gasteiger partial charge in [0.2, 0.25) is 5.75 Å². The molecule has 1 aromatic carbocycles. The molecular formula is C14H14BrClN2O3. The molecule has 1 N–H and O–H groups in total. The zero-order chi connectivity index (χ0) is 15.4. The molecule has 1 heterocycles. The average molecular weight is 374 g/mol. The Bertz CT molecular complexity index is 627. The van der Waals surface area contributed by atoms with Crippen molar-refractivity contribution in [2.24, 2.45) is 0 Å². The van der Waals surface area contributed by atoms with Crippen molar-refractivity contribution in [1.82, 2.24) is 4.98 Å². The Morgan fingerprint density at radius 2 is 1.67 bits per heavy atom. The maximum Gasteiger partial charge on any atom is 0.203 e. The first-order chi connectivity index (χ1) is 10.1. The molecule has 0 aliphatic heterocycles. The van der Waals surface area contributed by atoms with Gasteiger partial charge >= 0.3 is 0 Å². The lowest BCUT2D eigenvalue weighted by Crippen LogP contribution is -1.99. The van der Waals surface area contributed by atoms with Gasteiger partial charge in [-0.25, -0.2) is 4.98 Å². The molecule has 0 unspecified atom stereocenters. The highest BCUT2D eigenvalue weighted by Crippen LogP contribution is 2.41. The Labute approximate surface area is 136 Å². The summed E-state index contributed by atoms with van der Waals surface area (Å²) in [5.41, 5.74) is 0.750. The number of pyridine rings is 1. The molecule has 0 saturated heterocycles. The maximum absolute atomic E-state index is 5.88. The monoisotopic (exact) mass is 372 g/mol. The highest BCUT2D eigenvalue weighted by molar-refractivity contribution is 9.10. The quantitative estimate of drug-likeness (QED) is 0.848. The first-order valence-corrected chi connectivity index (χ1v) is 7.14. The zero-order valence-corrected chi connectivity index (χ0v) is 14.1. The molecule has 0 amide bonds. The van der Waals surface area contributed by atoms with Gasteiger partial charge in [-0.15, -0.1) is 0 Å². The van der Waals surface area contributed by atoms with Crippen LogP contribution in [0.15, 0.2) is 28.9 Å². The minimum atomic E-state index is 0.536. The summed E-state index contributed by atoms with van der Waals surface area (Å²) < 4.78 is 16.7. The van der Waals surface area contributed by atoms with Gasteiger partial charge in [0, 0.05) is 24.0 Å². The van der Waals surface area contributed by atoms with Crippen molar-refractivity contribution < 1.29 is 14.2 Å². The number of methoxy groups -OCH3 is 3. The Balaban J connectivity index is 2.40. The van der Waals surface area contributed by atoms with Crippen molar-refractivity contribution in [2.45, 2.75) is 0 Å². The van der Waals surface area contributed by atoms with Gasteiger partial charge in [0.25, 0.3) is 0 Å². The lowest BCUT2D eigenvalue weighted by Gasteiger charge is -2.15. The topological polar surface area (TPSA) is 52.6 Å². The fraction of sp³-hybridized carbons (Fsp3) is 0.214. The molecule has 0 aliphatic rings. The number of hydrogen-bond acceptors (Lipinski definition) is 5. The van der Waals surface area contributed by atoms with Crippen LogP contribution in [0.2, 0.25) is 5.02 Å². The van der Waals surface area contributed by atoms with Crippen LogP contribution in [0.1, 0.15) is 0 Å². The fourth-order valence-electron chi connectivity index (χ4n) is 1.80. The number of ether oxygens (including phenoxy) is 3. The minimum absolute atomic E-state index is 0.536. The first-order valence-electron chi connectivity index (χ1n) is 5.97. The number of aromatic nitrogens is 1. The van der Waals surface area contributed by atoms with Crippen molar-refractivity contribution in [1.29, 1.82) is 0 Å². The third-order valence-electron chi connectivity index (χ3n) is 2.74. The van der Waals surface area contributed by atoms with Crippen molar-refractivity contribution >= 4 is 39.0 Å². The maximum atomic E-state index is 5.88. The number of rotatable bonds is 5. The van der Waals surface area contributed by atoms with E-state index in [0.717, 1.165) is 10.2 Å². The molecule has 0 bridgehead atoms. The number of hydrogen-bond donors (Lipinski definition) is 1. The van der Waals surface area contributed by atoms with Crippen LogP contribution in [-0.2, 0) is 0 Å². The van der Waals surface area contributed by atoms with Gasteiger partial charge in [-0.3, -0.25) is 0 Å². The van der Waals surface area contributed by atoms with E-state index in [0.29, 0.717) is 28.1 Å². The Morgan fingerprint density at radius 3 is 2.14 bits per heavy atom. The highest BCUT2D eigenvalue weighted by Gasteiger charge is 2.14. The molecule has 21 heavy (non-hydrogen) atoms. The van der Waals surface area contributed by atoms with Gasteiger partial charge in [0.15, 0.2) is 11.5 Å². The van der Waals surface area contributed by atoms with Crippen LogP contribution in [0, 0.1) is 0 Å². The summed E-state index contributed by atoms with van der Waals surface area (Å²) in [6, 6.07) is 5.35. The third-order valence-corrected chi connectivity index (χ3v) is 3.55. The summed E-state index contributed by atoms with van der Waals surface area (Å²) in [5.74, 6) is 2.29. The summed E-state index contributed by atoms with van der Waals surface area (Å²) in [4.78, 5) is 4.22. The highest BCUT2D eigenvalue weighted by atomic mass is 79.9. The van der Waals surface area contributed by atoms with Crippen molar-refractivity contribution in [3.63, 3.8) is 0 Å². The predicted octanol–water partition coefficient (Wildman–Crippen LogP) is 4.27. The smallest absolute Gasteiger partial charge is 0.203 e. The fourth-order valence-corrected chi connectivity index (χ4v) is 2.53. The Hall–Kier alpha value is -1.66. The SMILES string of the molecule is COc1cc(Nc2ncc(Cl)cc2Br)cc(OC)c1OC. The van der Waals surface area contributed by atoms with Crippen LogP contribution in [0.3, 0.4) is 0 Å².